The Morgan fingerprint density at radius 2 is 2.10 bits per heavy atom. The second kappa shape index (κ2) is 7.53. The number of halogens is 1. The number of hydrogen-bond donors (Lipinski definition) is 1. The fraction of sp³-hybridized carbons (Fsp3) is 0.562. The maximum absolute atomic E-state index is 12.3. The second-order valence-electron chi connectivity index (χ2n) is 5.24. The molecule has 1 aromatic carbocycles. The van der Waals surface area contributed by atoms with E-state index in [1.54, 1.807) is 6.07 Å². The van der Waals surface area contributed by atoms with Crippen molar-refractivity contribution in [1.82, 2.24) is 5.32 Å². The lowest BCUT2D eigenvalue weighted by Gasteiger charge is -2.18. The summed E-state index contributed by atoms with van der Waals surface area (Å²) in [5, 5.41) is 3.03. The first kappa shape index (κ1) is 15.2. The number of amides is 1. The smallest absolute Gasteiger partial charge is 0.255 e. The van der Waals surface area contributed by atoms with Gasteiger partial charge in [0.1, 0.15) is 5.75 Å². The van der Waals surface area contributed by atoms with Crippen molar-refractivity contribution in [3.63, 3.8) is 0 Å². The summed E-state index contributed by atoms with van der Waals surface area (Å²) in [4.78, 5) is 12.3. The van der Waals surface area contributed by atoms with Crippen LogP contribution in [0.3, 0.4) is 0 Å². The summed E-state index contributed by atoms with van der Waals surface area (Å²) in [5.41, 5.74) is 0.606. The molecule has 0 aromatic heterocycles. The molecular weight excluding hydrogens is 274 g/mol. The molecular formula is C16H22ClNO2. The van der Waals surface area contributed by atoms with Crippen LogP contribution in [0.1, 0.15) is 36.5 Å². The fourth-order valence-electron chi connectivity index (χ4n) is 2.84. The summed E-state index contributed by atoms with van der Waals surface area (Å²) in [6, 6.07) is 7.36. The Kier molecular flexibility index (Phi) is 5.72. The molecule has 0 aliphatic heterocycles. The molecule has 2 atom stereocenters. The molecule has 1 fully saturated rings. The molecule has 1 N–H and O–H groups in total. The van der Waals surface area contributed by atoms with Crippen molar-refractivity contribution in [3.05, 3.63) is 29.8 Å². The lowest BCUT2D eigenvalue weighted by molar-refractivity contribution is 0.0941. The van der Waals surface area contributed by atoms with Crippen molar-refractivity contribution in [2.75, 3.05) is 19.0 Å². The van der Waals surface area contributed by atoms with Gasteiger partial charge >= 0.3 is 0 Å². The second-order valence-corrected chi connectivity index (χ2v) is 5.55. The summed E-state index contributed by atoms with van der Waals surface area (Å²) < 4.78 is 5.49. The van der Waals surface area contributed by atoms with Crippen LogP contribution in [0.5, 0.6) is 5.75 Å². The Bertz CT molecular complexity index is 450. The minimum absolute atomic E-state index is 0.0609. The predicted octanol–water partition coefficient (Wildman–Crippen LogP) is 3.47. The summed E-state index contributed by atoms with van der Waals surface area (Å²) in [6.07, 6.45) is 3.55. The molecule has 3 nitrogen and oxygen atoms in total. The lowest BCUT2D eigenvalue weighted by atomic mass is 9.98. The number of ether oxygens (including phenoxy) is 1. The highest BCUT2D eigenvalue weighted by Gasteiger charge is 2.27. The molecule has 110 valence electrons. The van der Waals surface area contributed by atoms with E-state index in [4.69, 9.17) is 16.3 Å². The zero-order chi connectivity index (χ0) is 14.4. The van der Waals surface area contributed by atoms with E-state index < -0.39 is 0 Å². The molecule has 1 aliphatic rings. The normalized spacial score (nSPS) is 21.7. The minimum Gasteiger partial charge on any atom is -0.493 e. The van der Waals surface area contributed by atoms with Gasteiger partial charge in [-0.05, 0) is 43.7 Å². The number of para-hydroxylation sites is 1. The average molecular weight is 296 g/mol. The lowest BCUT2D eigenvalue weighted by Crippen LogP contribution is -2.31. The first-order chi connectivity index (χ1) is 9.76. The number of rotatable bonds is 6. The van der Waals surface area contributed by atoms with E-state index in [2.05, 4.69) is 5.32 Å². The van der Waals surface area contributed by atoms with E-state index in [9.17, 15) is 4.79 Å². The third-order valence-corrected chi connectivity index (χ3v) is 4.37. The number of carbonyl (C=O) groups excluding carboxylic acids is 1. The molecule has 0 heterocycles. The molecule has 2 unspecified atom stereocenters. The third-order valence-electron chi connectivity index (χ3n) is 3.97. The first-order valence-corrected chi connectivity index (χ1v) is 7.85. The van der Waals surface area contributed by atoms with Crippen LogP contribution in [0.4, 0.5) is 0 Å². The first-order valence-electron chi connectivity index (χ1n) is 7.32. The number of nitrogens with one attached hydrogen (secondary N) is 1. The molecule has 0 bridgehead atoms. The van der Waals surface area contributed by atoms with Gasteiger partial charge in [-0.25, -0.2) is 0 Å². The van der Waals surface area contributed by atoms with Crippen molar-refractivity contribution in [1.29, 1.82) is 0 Å². The Balaban J connectivity index is 1.95. The van der Waals surface area contributed by atoms with Gasteiger partial charge in [-0.2, -0.15) is 0 Å². The van der Waals surface area contributed by atoms with Crippen molar-refractivity contribution < 1.29 is 9.53 Å². The molecule has 1 aliphatic carbocycles. The highest BCUT2D eigenvalue weighted by atomic mass is 35.5. The van der Waals surface area contributed by atoms with Crippen LogP contribution < -0.4 is 10.1 Å². The van der Waals surface area contributed by atoms with Crippen LogP contribution in [0.15, 0.2) is 24.3 Å². The molecule has 1 amide bonds. The number of hydrogen-bond acceptors (Lipinski definition) is 2. The van der Waals surface area contributed by atoms with Gasteiger partial charge in [-0.15, -0.1) is 11.6 Å². The van der Waals surface area contributed by atoms with Gasteiger partial charge in [0.2, 0.25) is 0 Å². The van der Waals surface area contributed by atoms with Crippen LogP contribution >= 0.6 is 11.6 Å². The van der Waals surface area contributed by atoms with Crippen molar-refractivity contribution in [2.24, 2.45) is 11.8 Å². The van der Waals surface area contributed by atoms with E-state index in [0.717, 1.165) is 6.42 Å². The summed E-state index contributed by atoms with van der Waals surface area (Å²) >= 11 is 5.97. The van der Waals surface area contributed by atoms with Crippen LogP contribution in [-0.4, -0.2) is 24.9 Å². The van der Waals surface area contributed by atoms with Crippen LogP contribution in [0.25, 0.3) is 0 Å². The van der Waals surface area contributed by atoms with Gasteiger partial charge in [0.15, 0.2) is 0 Å². The quantitative estimate of drug-likeness (QED) is 0.816. The number of carbonyl (C=O) groups is 1. The van der Waals surface area contributed by atoms with Gasteiger partial charge in [0.25, 0.3) is 5.91 Å². The monoisotopic (exact) mass is 295 g/mol. The maximum Gasteiger partial charge on any atom is 0.255 e. The van der Waals surface area contributed by atoms with Gasteiger partial charge in [0.05, 0.1) is 12.2 Å². The molecule has 0 spiro atoms. The fourth-order valence-corrected chi connectivity index (χ4v) is 3.25. The largest absolute Gasteiger partial charge is 0.493 e. The third kappa shape index (κ3) is 3.66. The van der Waals surface area contributed by atoms with E-state index in [0.29, 0.717) is 42.2 Å². The maximum atomic E-state index is 12.3. The molecule has 4 heteroatoms. The van der Waals surface area contributed by atoms with Crippen molar-refractivity contribution in [3.8, 4) is 5.75 Å². The molecule has 20 heavy (non-hydrogen) atoms. The molecule has 1 saturated carbocycles. The van der Waals surface area contributed by atoms with Crippen LogP contribution in [-0.2, 0) is 0 Å². The van der Waals surface area contributed by atoms with E-state index >= 15 is 0 Å². The van der Waals surface area contributed by atoms with Crippen molar-refractivity contribution >= 4 is 17.5 Å². The van der Waals surface area contributed by atoms with E-state index in [1.165, 1.54) is 12.8 Å². The van der Waals surface area contributed by atoms with E-state index in [-0.39, 0.29) is 5.91 Å². The van der Waals surface area contributed by atoms with Gasteiger partial charge in [0, 0.05) is 12.4 Å². The van der Waals surface area contributed by atoms with Gasteiger partial charge in [-0.3, -0.25) is 4.79 Å². The molecule has 0 radical (unpaired) electrons. The highest BCUT2D eigenvalue weighted by Crippen LogP contribution is 2.32. The van der Waals surface area contributed by atoms with Gasteiger partial charge < -0.3 is 10.1 Å². The molecule has 1 aromatic rings. The molecule has 0 saturated heterocycles. The Morgan fingerprint density at radius 3 is 2.85 bits per heavy atom. The summed E-state index contributed by atoms with van der Waals surface area (Å²) in [6.45, 7) is 3.18. The topological polar surface area (TPSA) is 38.3 Å². The summed E-state index contributed by atoms with van der Waals surface area (Å²) in [7, 11) is 0. The Hall–Kier alpha value is -1.22. The number of alkyl halides is 1. The predicted molar refractivity (Wildman–Crippen MR) is 81.5 cm³/mol. The molecule has 2 rings (SSSR count). The Morgan fingerprint density at radius 1 is 1.35 bits per heavy atom. The SMILES string of the molecule is CCOc1ccccc1C(=O)NCC1CCCC1CCl. The minimum atomic E-state index is -0.0609. The Labute approximate surface area is 125 Å². The zero-order valence-electron chi connectivity index (χ0n) is 11.9. The standard InChI is InChI=1S/C16H22ClNO2/c1-2-20-15-9-4-3-8-14(15)16(19)18-11-13-7-5-6-12(13)10-17/h3-4,8-9,12-13H,2,5-7,10-11H2,1H3,(H,18,19). The van der Waals surface area contributed by atoms with Crippen molar-refractivity contribution in [2.45, 2.75) is 26.2 Å². The average Bonchev–Trinajstić information content (AvgIpc) is 2.93. The number of benzene rings is 1. The van der Waals surface area contributed by atoms with E-state index in [1.807, 2.05) is 25.1 Å². The van der Waals surface area contributed by atoms with Gasteiger partial charge in [-0.1, -0.05) is 18.6 Å². The zero-order valence-corrected chi connectivity index (χ0v) is 12.7. The highest BCUT2D eigenvalue weighted by molar-refractivity contribution is 6.18. The van der Waals surface area contributed by atoms with Crippen LogP contribution in [0.2, 0.25) is 0 Å². The summed E-state index contributed by atoms with van der Waals surface area (Å²) in [5.74, 6) is 2.33. The van der Waals surface area contributed by atoms with Crippen LogP contribution in [0, 0.1) is 11.8 Å².